The van der Waals surface area contributed by atoms with Crippen molar-refractivity contribution in [3.8, 4) is 5.69 Å². The van der Waals surface area contributed by atoms with Crippen LogP contribution in [-0.2, 0) is 6.42 Å². The van der Waals surface area contributed by atoms with Crippen LogP contribution in [0.4, 0.5) is 10.5 Å². The molecule has 0 aliphatic carbocycles. The lowest BCUT2D eigenvalue weighted by Gasteiger charge is -2.32. The van der Waals surface area contributed by atoms with E-state index in [4.69, 9.17) is 4.98 Å². The first-order valence-electron chi connectivity index (χ1n) is 13.4. The van der Waals surface area contributed by atoms with Gasteiger partial charge in [0.25, 0.3) is 5.56 Å². The number of aromatic nitrogens is 2. The fraction of sp³-hybridized carbons (Fsp3) is 0.182. The van der Waals surface area contributed by atoms with E-state index in [0.29, 0.717) is 41.8 Å². The largest absolute Gasteiger partial charge is 0.322 e. The smallest absolute Gasteiger partial charge is 0.314 e. The Morgan fingerprint density at radius 3 is 2.33 bits per heavy atom. The van der Waals surface area contributed by atoms with Crippen LogP contribution in [-0.4, -0.2) is 27.0 Å². The molecular weight excluding hydrogens is 564 g/mol. The minimum Gasteiger partial charge on any atom is -0.314 e. The Labute approximate surface area is 242 Å². The van der Waals surface area contributed by atoms with Gasteiger partial charge in [-0.05, 0) is 77.7 Å². The number of anilines is 1. The van der Waals surface area contributed by atoms with Gasteiger partial charge in [0.15, 0.2) is 0 Å². The molecule has 202 valence electrons. The number of carbonyl (C=O) groups is 1. The molecule has 0 aliphatic heterocycles. The first kappa shape index (κ1) is 27.3. The maximum Gasteiger partial charge on any atom is 0.322 e. The molecule has 1 unspecified atom stereocenters. The highest BCUT2D eigenvalue weighted by atomic mass is 79.9. The van der Waals surface area contributed by atoms with E-state index in [1.54, 1.807) is 15.5 Å². The van der Waals surface area contributed by atoms with Crippen LogP contribution < -0.4 is 10.9 Å². The van der Waals surface area contributed by atoms with Crippen molar-refractivity contribution >= 4 is 38.6 Å². The van der Waals surface area contributed by atoms with Crippen LogP contribution in [0.2, 0.25) is 0 Å². The zero-order valence-corrected chi connectivity index (χ0v) is 24.1. The van der Waals surface area contributed by atoms with Gasteiger partial charge < -0.3 is 10.2 Å². The third kappa shape index (κ3) is 5.84. The van der Waals surface area contributed by atoms with Gasteiger partial charge in [0.05, 0.1) is 28.3 Å². The number of fused-ring (bicyclic) bond motifs is 1. The molecule has 5 aromatic rings. The van der Waals surface area contributed by atoms with Crippen LogP contribution in [0.15, 0.2) is 112 Å². The monoisotopic (exact) mass is 594 g/mol. The number of halogens is 1. The minimum atomic E-state index is -0.468. The minimum absolute atomic E-state index is 0.155. The number of aryl methyl sites for hydroxylation is 1. The maximum atomic E-state index is 14.0. The molecule has 1 heterocycles. The number of urea groups is 1. The summed E-state index contributed by atoms with van der Waals surface area (Å²) in [5.74, 6) is 0.533. The summed E-state index contributed by atoms with van der Waals surface area (Å²) in [4.78, 5) is 34.8. The molecule has 7 heteroatoms. The van der Waals surface area contributed by atoms with Crippen molar-refractivity contribution in [1.82, 2.24) is 14.5 Å². The summed E-state index contributed by atoms with van der Waals surface area (Å²) in [6, 6.07) is 32.1. The Hall–Kier alpha value is -4.23. The molecule has 1 aromatic heterocycles. The molecule has 0 bridgehead atoms. The van der Waals surface area contributed by atoms with Gasteiger partial charge in [0.1, 0.15) is 5.82 Å². The average Bonchev–Trinajstić information content (AvgIpc) is 2.97. The Morgan fingerprint density at radius 1 is 0.925 bits per heavy atom. The van der Waals surface area contributed by atoms with Crippen molar-refractivity contribution in [2.24, 2.45) is 0 Å². The van der Waals surface area contributed by atoms with Crippen molar-refractivity contribution in [3.63, 3.8) is 0 Å². The van der Waals surface area contributed by atoms with E-state index in [1.165, 1.54) is 0 Å². The molecule has 1 atom stereocenters. The van der Waals surface area contributed by atoms with E-state index in [-0.39, 0.29) is 11.6 Å². The van der Waals surface area contributed by atoms with Crippen molar-refractivity contribution in [3.05, 3.63) is 135 Å². The highest BCUT2D eigenvalue weighted by Crippen LogP contribution is 2.29. The number of nitrogens with zero attached hydrogens (tertiary/aromatic N) is 3. The lowest BCUT2D eigenvalue weighted by Crippen LogP contribution is -2.42. The number of nitrogens with one attached hydrogen (secondary N) is 1. The summed E-state index contributed by atoms with van der Waals surface area (Å²) < 4.78 is 2.46. The molecular formula is C33H31BrN4O2. The van der Waals surface area contributed by atoms with E-state index in [9.17, 15) is 9.59 Å². The molecule has 0 spiro atoms. The fourth-order valence-electron chi connectivity index (χ4n) is 4.90. The number of amides is 2. The van der Waals surface area contributed by atoms with Gasteiger partial charge in [-0.2, -0.15) is 0 Å². The Morgan fingerprint density at radius 2 is 1.60 bits per heavy atom. The van der Waals surface area contributed by atoms with Gasteiger partial charge in [0.2, 0.25) is 0 Å². The molecule has 0 aliphatic rings. The van der Waals surface area contributed by atoms with Gasteiger partial charge in [-0.15, -0.1) is 0 Å². The zero-order valence-electron chi connectivity index (χ0n) is 22.5. The molecule has 6 nitrogen and oxygen atoms in total. The summed E-state index contributed by atoms with van der Waals surface area (Å²) in [5.41, 5.74) is 4.07. The Bertz CT molecular complexity index is 1680. The molecule has 5 rings (SSSR count). The molecule has 0 radical (unpaired) electrons. The highest BCUT2D eigenvalue weighted by Gasteiger charge is 2.29. The predicted octanol–water partition coefficient (Wildman–Crippen LogP) is 7.68. The second kappa shape index (κ2) is 12.3. The quantitative estimate of drug-likeness (QED) is 0.200. The number of para-hydroxylation sites is 2. The van der Waals surface area contributed by atoms with E-state index >= 15 is 0 Å². The lowest BCUT2D eigenvalue weighted by atomic mass is 10.1. The topological polar surface area (TPSA) is 67.2 Å². The van der Waals surface area contributed by atoms with Gasteiger partial charge in [-0.3, -0.25) is 9.36 Å². The number of benzene rings is 4. The molecule has 0 saturated heterocycles. The van der Waals surface area contributed by atoms with E-state index < -0.39 is 6.04 Å². The highest BCUT2D eigenvalue weighted by molar-refractivity contribution is 9.10. The number of hydrogen-bond donors (Lipinski definition) is 1. The van der Waals surface area contributed by atoms with Gasteiger partial charge in [-0.1, -0.05) is 79.2 Å². The average molecular weight is 596 g/mol. The van der Waals surface area contributed by atoms with Crippen molar-refractivity contribution in [2.75, 3.05) is 11.9 Å². The Balaban J connectivity index is 1.64. The van der Waals surface area contributed by atoms with Crippen LogP contribution in [0.5, 0.6) is 0 Å². The van der Waals surface area contributed by atoms with Crippen LogP contribution in [0.1, 0.15) is 36.3 Å². The first-order chi connectivity index (χ1) is 19.5. The standard InChI is InChI=1S/C33H31BrN4O2/c1-3-30(31-35-28-15-9-7-13-26(28)32(39)38(31)25-19-17-23(2)18-20-25)37(22-21-24-11-5-4-6-12-24)33(40)36-29-16-10-8-14-27(29)34/h4-20,30H,3,21-22H2,1-2H3,(H,36,40). The summed E-state index contributed by atoms with van der Waals surface area (Å²) in [6.45, 7) is 4.47. The van der Waals surface area contributed by atoms with Crippen molar-refractivity contribution < 1.29 is 4.79 Å². The second-order valence-electron chi connectivity index (χ2n) is 9.73. The predicted molar refractivity (Wildman–Crippen MR) is 165 cm³/mol. The maximum absolute atomic E-state index is 14.0. The molecule has 2 amide bonds. The van der Waals surface area contributed by atoms with Crippen LogP contribution in [0.3, 0.4) is 0 Å². The normalized spacial score (nSPS) is 11.8. The van der Waals surface area contributed by atoms with Crippen LogP contribution in [0.25, 0.3) is 16.6 Å². The molecule has 1 N–H and O–H groups in total. The first-order valence-corrected chi connectivity index (χ1v) is 14.2. The Kier molecular flexibility index (Phi) is 8.41. The lowest BCUT2D eigenvalue weighted by molar-refractivity contribution is 0.182. The molecule has 0 saturated carbocycles. The number of rotatable bonds is 8. The summed E-state index contributed by atoms with van der Waals surface area (Å²) in [6.07, 6.45) is 1.22. The van der Waals surface area contributed by atoms with Crippen LogP contribution in [0, 0.1) is 6.92 Å². The summed E-state index contributed by atoms with van der Waals surface area (Å²) in [5, 5.41) is 3.61. The number of hydrogen-bond acceptors (Lipinski definition) is 3. The fourth-order valence-corrected chi connectivity index (χ4v) is 5.29. The van der Waals surface area contributed by atoms with Crippen molar-refractivity contribution in [1.29, 1.82) is 0 Å². The molecule has 4 aromatic carbocycles. The molecule has 0 fully saturated rings. The van der Waals surface area contributed by atoms with E-state index in [1.807, 2.05) is 98.8 Å². The summed E-state index contributed by atoms with van der Waals surface area (Å²) in [7, 11) is 0. The third-order valence-electron chi connectivity index (χ3n) is 7.02. The molecule has 40 heavy (non-hydrogen) atoms. The SMILES string of the molecule is CCC(c1nc2ccccc2c(=O)n1-c1ccc(C)cc1)N(CCc1ccccc1)C(=O)Nc1ccccc1Br. The summed E-state index contributed by atoms with van der Waals surface area (Å²) >= 11 is 3.54. The van der Waals surface area contributed by atoms with E-state index in [2.05, 4.69) is 33.4 Å². The van der Waals surface area contributed by atoms with Gasteiger partial charge in [-0.25, -0.2) is 9.78 Å². The zero-order chi connectivity index (χ0) is 28.1. The second-order valence-corrected chi connectivity index (χ2v) is 10.6. The van der Waals surface area contributed by atoms with Crippen molar-refractivity contribution in [2.45, 2.75) is 32.7 Å². The van der Waals surface area contributed by atoms with Gasteiger partial charge >= 0.3 is 6.03 Å². The van der Waals surface area contributed by atoms with Crippen LogP contribution >= 0.6 is 15.9 Å². The van der Waals surface area contributed by atoms with E-state index in [0.717, 1.165) is 21.3 Å². The van der Waals surface area contributed by atoms with Gasteiger partial charge in [0, 0.05) is 11.0 Å². The number of carbonyl (C=O) groups excluding carboxylic acids is 1. The third-order valence-corrected chi connectivity index (χ3v) is 7.71.